The summed E-state index contributed by atoms with van der Waals surface area (Å²) in [4.78, 5) is 23.8. The lowest BCUT2D eigenvalue weighted by molar-refractivity contribution is 0.0787. The Labute approximate surface area is 168 Å². The summed E-state index contributed by atoms with van der Waals surface area (Å²) in [5.41, 5.74) is 4.51. The molecule has 0 aliphatic rings. The number of amides is 1. The Balaban J connectivity index is 1.71. The van der Waals surface area contributed by atoms with Crippen molar-refractivity contribution in [1.82, 2.24) is 14.9 Å². The standard InChI is InChI=1S/C24H18N4O/c1-28(16-18-10-8-17(14-25)9-11-18)24(29)21-13-23(19-5-4-12-26-15-19)27-22-7-3-2-6-20(21)22/h2-13,15H,16H2,1H3. The predicted molar refractivity (Wildman–Crippen MR) is 112 cm³/mol. The normalized spacial score (nSPS) is 10.5. The van der Waals surface area contributed by atoms with E-state index in [-0.39, 0.29) is 5.91 Å². The molecule has 4 rings (SSSR count). The number of hydrogen-bond acceptors (Lipinski definition) is 4. The maximum atomic E-state index is 13.3. The Kier molecular flexibility index (Phi) is 5.00. The van der Waals surface area contributed by atoms with Gasteiger partial charge in [-0.1, -0.05) is 30.3 Å². The molecule has 0 fully saturated rings. The highest BCUT2D eigenvalue weighted by Gasteiger charge is 2.17. The summed E-state index contributed by atoms with van der Waals surface area (Å²) in [6.45, 7) is 0.448. The van der Waals surface area contributed by atoms with E-state index in [9.17, 15) is 4.79 Å². The third-order valence-corrected chi connectivity index (χ3v) is 4.75. The largest absolute Gasteiger partial charge is 0.337 e. The van der Waals surface area contributed by atoms with Crippen molar-refractivity contribution in [1.29, 1.82) is 5.26 Å². The van der Waals surface area contributed by atoms with Gasteiger partial charge in [-0.25, -0.2) is 4.98 Å². The fourth-order valence-corrected chi connectivity index (χ4v) is 3.25. The molecule has 0 atom stereocenters. The number of hydrogen-bond donors (Lipinski definition) is 0. The highest BCUT2D eigenvalue weighted by molar-refractivity contribution is 6.07. The first kappa shape index (κ1) is 18.3. The minimum absolute atomic E-state index is 0.0851. The van der Waals surface area contributed by atoms with Gasteiger partial charge in [-0.05, 0) is 42.0 Å². The fraction of sp³-hybridized carbons (Fsp3) is 0.0833. The molecule has 5 heteroatoms. The van der Waals surface area contributed by atoms with E-state index in [2.05, 4.69) is 11.1 Å². The molecule has 0 saturated carbocycles. The van der Waals surface area contributed by atoms with Crippen molar-refractivity contribution in [2.24, 2.45) is 0 Å². The van der Waals surface area contributed by atoms with Crippen molar-refractivity contribution in [3.8, 4) is 17.3 Å². The van der Waals surface area contributed by atoms with Crippen molar-refractivity contribution >= 4 is 16.8 Å². The quantitative estimate of drug-likeness (QED) is 0.526. The lowest BCUT2D eigenvalue weighted by Crippen LogP contribution is -2.26. The van der Waals surface area contributed by atoms with E-state index in [1.165, 1.54) is 0 Å². The molecule has 0 N–H and O–H groups in total. The Morgan fingerprint density at radius 1 is 1.07 bits per heavy atom. The van der Waals surface area contributed by atoms with Gasteiger partial charge >= 0.3 is 0 Å². The van der Waals surface area contributed by atoms with Crippen LogP contribution in [0.3, 0.4) is 0 Å². The number of aromatic nitrogens is 2. The molecule has 140 valence electrons. The molecule has 2 heterocycles. The third-order valence-electron chi connectivity index (χ3n) is 4.75. The average molecular weight is 378 g/mol. The SMILES string of the molecule is CN(Cc1ccc(C#N)cc1)C(=O)c1cc(-c2cccnc2)nc2ccccc12. The first-order valence-corrected chi connectivity index (χ1v) is 9.20. The lowest BCUT2D eigenvalue weighted by Gasteiger charge is -2.19. The first-order valence-electron chi connectivity index (χ1n) is 9.20. The number of fused-ring (bicyclic) bond motifs is 1. The molecule has 0 aliphatic carbocycles. The molecule has 0 radical (unpaired) electrons. The molecule has 0 unspecified atom stereocenters. The topological polar surface area (TPSA) is 69.9 Å². The van der Waals surface area contributed by atoms with Crippen LogP contribution in [0.4, 0.5) is 0 Å². The van der Waals surface area contributed by atoms with Crippen molar-refractivity contribution in [2.45, 2.75) is 6.54 Å². The molecule has 29 heavy (non-hydrogen) atoms. The summed E-state index contributed by atoms with van der Waals surface area (Å²) >= 11 is 0. The van der Waals surface area contributed by atoms with E-state index in [0.29, 0.717) is 23.4 Å². The first-order chi connectivity index (χ1) is 14.2. The van der Waals surface area contributed by atoms with Gasteiger partial charge < -0.3 is 4.90 Å². The van der Waals surface area contributed by atoms with E-state index in [1.807, 2.05) is 54.6 Å². The number of pyridine rings is 2. The number of rotatable bonds is 4. The maximum Gasteiger partial charge on any atom is 0.254 e. The van der Waals surface area contributed by atoms with Gasteiger partial charge in [0.2, 0.25) is 0 Å². The molecular weight excluding hydrogens is 360 g/mol. The van der Waals surface area contributed by atoms with Crippen LogP contribution in [0.5, 0.6) is 0 Å². The van der Waals surface area contributed by atoms with E-state index in [1.54, 1.807) is 36.5 Å². The van der Waals surface area contributed by atoms with Crippen molar-refractivity contribution in [3.63, 3.8) is 0 Å². The van der Waals surface area contributed by atoms with E-state index in [4.69, 9.17) is 10.2 Å². The van der Waals surface area contributed by atoms with Crippen LogP contribution < -0.4 is 0 Å². The van der Waals surface area contributed by atoms with Crippen LogP contribution in [-0.2, 0) is 6.54 Å². The number of carbonyl (C=O) groups is 1. The molecule has 0 bridgehead atoms. The second kappa shape index (κ2) is 7.91. The Morgan fingerprint density at radius 3 is 2.59 bits per heavy atom. The van der Waals surface area contributed by atoms with Crippen molar-refractivity contribution in [3.05, 3.63) is 95.8 Å². The Bertz CT molecular complexity index is 1210. The minimum Gasteiger partial charge on any atom is -0.337 e. The molecule has 0 spiro atoms. The summed E-state index contributed by atoms with van der Waals surface area (Å²) in [6, 6.07) is 22.6. The maximum absolute atomic E-state index is 13.3. The van der Waals surface area contributed by atoms with Gasteiger partial charge in [0.05, 0.1) is 28.4 Å². The zero-order valence-corrected chi connectivity index (χ0v) is 15.9. The summed E-state index contributed by atoms with van der Waals surface area (Å²) in [6.07, 6.45) is 3.45. The smallest absolute Gasteiger partial charge is 0.254 e. The van der Waals surface area contributed by atoms with Crippen LogP contribution in [-0.4, -0.2) is 27.8 Å². The van der Waals surface area contributed by atoms with Crippen molar-refractivity contribution in [2.75, 3.05) is 7.05 Å². The molecule has 0 saturated heterocycles. The second-order valence-corrected chi connectivity index (χ2v) is 6.78. The Morgan fingerprint density at radius 2 is 1.86 bits per heavy atom. The van der Waals surface area contributed by atoms with Gasteiger partial charge in [0.25, 0.3) is 5.91 Å². The number of para-hydroxylation sites is 1. The molecule has 4 aromatic rings. The third kappa shape index (κ3) is 3.83. The molecule has 1 amide bonds. The molecular formula is C24H18N4O. The van der Waals surface area contributed by atoms with Gasteiger partial charge in [0, 0.05) is 36.9 Å². The van der Waals surface area contributed by atoms with Crippen LogP contribution >= 0.6 is 0 Å². The average Bonchev–Trinajstić information content (AvgIpc) is 2.79. The summed E-state index contributed by atoms with van der Waals surface area (Å²) in [5.74, 6) is -0.0851. The zero-order valence-electron chi connectivity index (χ0n) is 15.9. The van der Waals surface area contributed by atoms with Gasteiger partial charge in [0.1, 0.15) is 0 Å². The fourth-order valence-electron chi connectivity index (χ4n) is 3.25. The van der Waals surface area contributed by atoms with Gasteiger partial charge in [-0.15, -0.1) is 0 Å². The van der Waals surface area contributed by atoms with Crippen molar-refractivity contribution < 1.29 is 4.79 Å². The molecule has 2 aromatic heterocycles. The van der Waals surface area contributed by atoms with Crippen LogP contribution in [0.25, 0.3) is 22.2 Å². The number of nitriles is 1. The zero-order chi connectivity index (χ0) is 20.2. The summed E-state index contributed by atoms with van der Waals surface area (Å²) in [7, 11) is 1.78. The second-order valence-electron chi connectivity index (χ2n) is 6.78. The highest BCUT2D eigenvalue weighted by atomic mass is 16.2. The number of benzene rings is 2. The van der Waals surface area contributed by atoms with E-state index < -0.39 is 0 Å². The van der Waals surface area contributed by atoms with Crippen LogP contribution in [0.1, 0.15) is 21.5 Å². The number of carbonyl (C=O) groups excluding carboxylic acids is 1. The van der Waals surface area contributed by atoms with E-state index in [0.717, 1.165) is 22.0 Å². The van der Waals surface area contributed by atoms with Gasteiger partial charge in [0.15, 0.2) is 0 Å². The van der Waals surface area contributed by atoms with E-state index >= 15 is 0 Å². The van der Waals surface area contributed by atoms with Crippen LogP contribution in [0.2, 0.25) is 0 Å². The van der Waals surface area contributed by atoms with Gasteiger partial charge in [-0.3, -0.25) is 9.78 Å². The highest BCUT2D eigenvalue weighted by Crippen LogP contribution is 2.25. The summed E-state index contributed by atoms with van der Waals surface area (Å²) in [5, 5.41) is 9.76. The van der Waals surface area contributed by atoms with Crippen LogP contribution in [0, 0.1) is 11.3 Å². The number of nitrogens with zero attached hydrogens (tertiary/aromatic N) is 4. The molecule has 5 nitrogen and oxygen atoms in total. The summed E-state index contributed by atoms with van der Waals surface area (Å²) < 4.78 is 0. The molecule has 0 aliphatic heterocycles. The Hall–Kier alpha value is -4.04. The molecule has 2 aromatic carbocycles. The van der Waals surface area contributed by atoms with Crippen LogP contribution in [0.15, 0.2) is 79.1 Å². The van der Waals surface area contributed by atoms with Gasteiger partial charge in [-0.2, -0.15) is 5.26 Å². The lowest BCUT2D eigenvalue weighted by atomic mass is 10.0. The monoisotopic (exact) mass is 378 g/mol. The minimum atomic E-state index is -0.0851. The predicted octanol–water partition coefficient (Wildman–Crippen LogP) is 4.44.